The third kappa shape index (κ3) is 2.24. The summed E-state index contributed by atoms with van der Waals surface area (Å²) in [6, 6.07) is 8.62. The van der Waals surface area contributed by atoms with E-state index in [1.807, 2.05) is 30.7 Å². The third-order valence-electron chi connectivity index (χ3n) is 2.32. The van der Waals surface area contributed by atoms with Crippen LogP contribution < -0.4 is 0 Å². The van der Waals surface area contributed by atoms with E-state index < -0.39 is 0 Å². The zero-order chi connectivity index (χ0) is 10.8. The van der Waals surface area contributed by atoms with Crippen molar-refractivity contribution in [1.82, 2.24) is 9.78 Å². The first kappa shape index (κ1) is 9.90. The summed E-state index contributed by atoms with van der Waals surface area (Å²) >= 11 is 0. The second-order valence-electron chi connectivity index (χ2n) is 3.71. The van der Waals surface area contributed by atoms with E-state index in [9.17, 15) is 4.39 Å². The molecule has 1 aromatic carbocycles. The van der Waals surface area contributed by atoms with Gasteiger partial charge in [-0.25, -0.2) is 4.39 Å². The summed E-state index contributed by atoms with van der Waals surface area (Å²) in [5.41, 5.74) is 3.02. The monoisotopic (exact) mass is 204 g/mol. The van der Waals surface area contributed by atoms with E-state index in [-0.39, 0.29) is 5.82 Å². The van der Waals surface area contributed by atoms with Gasteiger partial charge in [0.2, 0.25) is 0 Å². The van der Waals surface area contributed by atoms with E-state index >= 15 is 0 Å². The maximum Gasteiger partial charge on any atom is 0.123 e. The number of rotatable bonds is 2. The number of nitrogens with zero attached hydrogens (tertiary/aromatic N) is 2. The molecule has 0 radical (unpaired) electrons. The van der Waals surface area contributed by atoms with E-state index in [1.165, 1.54) is 12.1 Å². The van der Waals surface area contributed by atoms with Gasteiger partial charge in [0, 0.05) is 5.69 Å². The maximum atomic E-state index is 12.9. The van der Waals surface area contributed by atoms with Gasteiger partial charge in [0.1, 0.15) is 5.82 Å². The number of benzene rings is 1. The van der Waals surface area contributed by atoms with Gasteiger partial charge < -0.3 is 0 Å². The van der Waals surface area contributed by atoms with Crippen LogP contribution in [0.5, 0.6) is 0 Å². The van der Waals surface area contributed by atoms with Crippen molar-refractivity contribution in [3.05, 3.63) is 53.1 Å². The minimum atomic E-state index is -0.200. The average Bonchev–Trinajstić information content (AvgIpc) is 2.45. The predicted octanol–water partition coefficient (Wildman–Crippen LogP) is 2.69. The molecular weight excluding hydrogens is 191 g/mol. The lowest BCUT2D eigenvalue weighted by molar-refractivity contribution is 0.615. The van der Waals surface area contributed by atoms with Gasteiger partial charge in [0.15, 0.2) is 0 Å². The lowest BCUT2D eigenvalue weighted by Crippen LogP contribution is -2.03. The van der Waals surface area contributed by atoms with E-state index in [0.29, 0.717) is 6.54 Å². The molecule has 0 aliphatic heterocycles. The SMILES string of the molecule is Cc1cc(C)n(Cc2cccc(F)c2)n1. The second-order valence-corrected chi connectivity index (χ2v) is 3.71. The zero-order valence-electron chi connectivity index (χ0n) is 8.87. The first-order chi connectivity index (χ1) is 7.15. The molecule has 0 saturated heterocycles. The highest BCUT2D eigenvalue weighted by molar-refractivity contribution is 5.18. The highest BCUT2D eigenvalue weighted by Gasteiger charge is 2.02. The van der Waals surface area contributed by atoms with Crippen LogP contribution in [0.3, 0.4) is 0 Å². The molecule has 78 valence electrons. The molecule has 0 N–H and O–H groups in total. The van der Waals surface area contributed by atoms with Crippen molar-refractivity contribution in [2.75, 3.05) is 0 Å². The summed E-state index contributed by atoms with van der Waals surface area (Å²) in [5, 5.41) is 4.33. The lowest BCUT2D eigenvalue weighted by atomic mass is 10.2. The molecule has 1 aromatic heterocycles. The first-order valence-corrected chi connectivity index (χ1v) is 4.90. The normalized spacial score (nSPS) is 10.6. The van der Waals surface area contributed by atoms with Crippen molar-refractivity contribution >= 4 is 0 Å². The van der Waals surface area contributed by atoms with E-state index in [4.69, 9.17) is 0 Å². The molecule has 0 bridgehead atoms. The summed E-state index contributed by atoms with van der Waals surface area (Å²) < 4.78 is 14.8. The van der Waals surface area contributed by atoms with Crippen LogP contribution in [0.15, 0.2) is 30.3 Å². The summed E-state index contributed by atoms with van der Waals surface area (Å²) in [7, 11) is 0. The van der Waals surface area contributed by atoms with Crippen LogP contribution in [0.4, 0.5) is 4.39 Å². The molecule has 15 heavy (non-hydrogen) atoms. The van der Waals surface area contributed by atoms with Crippen LogP contribution in [-0.4, -0.2) is 9.78 Å². The van der Waals surface area contributed by atoms with Crippen molar-refractivity contribution in [1.29, 1.82) is 0 Å². The van der Waals surface area contributed by atoms with Gasteiger partial charge in [-0.2, -0.15) is 5.10 Å². The molecule has 0 atom stereocenters. The Morgan fingerprint density at radius 1 is 1.27 bits per heavy atom. The minimum absolute atomic E-state index is 0.200. The van der Waals surface area contributed by atoms with Crippen molar-refractivity contribution < 1.29 is 4.39 Å². The van der Waals surface area contributed by atoms with Crippen molar-refractivity contribution in [2.24, 2.45) is 0 Å². The fraction of sp³-hybridized carbons (Fsp3) is 0.250. The zero-order valence-corrected chi connectivity index (χ0v) is 8.87. The van der Waals surface area contributed by atoms with Gasteiger partial charge in [0.25, 0.3) is 0 Å². The van der Waals surface area contributed by atoms with Crippen LogP contribution >= 0.6 is 0 Å². The van der Waals surface area contributed by atoms with Gasteiger partial charge >= 0.3 is 0 Å². The van der Waals surface area contributed by atoms with Gasteiger partial charge in [-0.1, -0.05) is 12.1 Å². The Bertz CT molecular complexity index is 474. The molecular formula is C12H13FN2. The molecule has 0 fully saturated rings. The van der Waals surface area contributed by atoms with Gasteiger partial charge in [-0.3, -0.25) is 4.68 Å². The van der Waals surface area contributed by atoms with Gasteiger partial charge in [-0.15, -0.1) is 0 Å². The molecule has 0 aliphatic rings. The lowest BCUT2D eigenvalue weighted by Gasteiger charge is -2.04. The fourth-order valence-electron chi connectivity index (χ4n) is 1.64. The molecule has 2 aromatic rings. The quantitative estimate of drug-likeness (QED) is 0.735. The molecule has 0 unspecified atom stereocenters. The fourth-order valence-corrected chi connectivity index (χ4v) is 1.64. The third-order valence-corrected chi connectivity index (χ3v) is 2.32. The Labute approximate surface area is 88.4 Å². The molecule has 2 nitrogen and oxygen atoms in total. The summed E-state index contributed by atoms with van der Waals surface area (Å²) in [6.07, 6.45) is 0. The maximum absolute atomic E-state index is 12.9. The predicted molar refractivity (Wildman–Crippen MR) is 57.2 cm³/mol. The number of aryl methyl sites for hydroxylation is 2. The largest absolute Gasteiger partial charge is 0.265 e. The first-order valence-electron chi connectivity index (χ1n) is 4.90. The molecule has 3 heteroatoms. The number of aromatic nitrogens is 2. The van der Waals surface area contributed by atoms with E-state index in [2.05, 4.69) is 5.10 Å². The van der Waals surface area contributed by atoms with E-state index in [0.717, 1.165) is 17.0 Å². The van der Waals surface area contributed by atoms with Crippen LogP contribution in [0.1, 0.15) is 17.0 Å². The van der Waals surface area contributed by atoms with Crippen LogP contribution in [-0.2, 0) is 6.54 Å². The number of hydrogen-bond donors (Lipinski definition) is 0. The van der Waals surface area contributed by atoms with Gasteiger partial charge in [0.05, 0.1) is 12.2 Å². The van der Waals surface area contributed by atoms with Crippen molar-refractivity contribution in [2.45, 2.75) is 20.4 Å². The van der Waals surface area contributed by atoms with Crippen molar-refractivity contribution in [3.63, 3.8) is 0 Å². The second kappa shape index (κ2) is 3.85. The Morgan fingerprint density at radius 2 is 2.07 bits per heavy atom. The molecule has 0 saturated carbocycles. The number of halogens is 1. The summed E-state index contributed by atoms with van der Waals surface area (Å²) in [4.78, 5) is 0. The van der Waals surface area contributed by atoms with Crippen LogP contribution in [0, 0.1) is 19.7 Å². The van der Waals surface area contributed by atoms with E-state index in [1.54, 1.807) is 6.07 Å². The van der Waals surface area contributed by atoms with Crippen LogP contribution in [0.25, 0.3) is 0 Å². The van der Waals surface area contributed by atoms with Crippen LogP contribution in [0.2, 0.25) is 0 Å². The summed E-state index contributed by atoms with van der Waals surface area (Å²) in [6.45, 7) is 4.58. The topological polar surface area (TPSA) is 17.8 Å². The average molecular weight is 204 g/mol. The Kier molecular flexibility index (Phi) is 2.54. The standard InChI is InChI=1S/C12H13FN2/c1-9-6-10(2)15(14-9)8-11-4-3-5-12(13)7-11/h3-7H,8H2,1-2H3. The smallest absolute Gasteiger partial charge is 0.123 e. The Hall–Kier alpha value is -1.64. The molecule has 0 amide bonds. The molecule has 2 rings (SSSR count). The van der Waals surface area contributed by atoms with Gasteiger partial charge in [-0.05, 0) is 37.6 Å². The number of hydrogen-bond acceptors (Lipinski definition) is 1. The Morgan fingerprint density at radius 3 is 2.67 bits per heavy atom. The minimum Gasteiger partial charge on any atom is -0.265 e. The molecule has 0 aliphatic carbocycles. The highest BCUT2D eigenvalue weighted by atomic mass is 19.1. The highest BCUT2D eigenvalue weighted by Crippen LogP contribution is 2.08. The Balaban J connectivity index is 2.25. The van der Waals surface area contributed by atoms with Crippen molar-refractivity contribution in [3.8, 4) is 0 Å². The molecule has 1 heterocycles. The summed E-state index contributed by atoms with van der Waals surface area (Å²) in [5.74, 6) is -0.200. The molecule has 0 spiro atoms.